The molecule has 0 aromatic heterocycles. The van der Waals surface area contributed by atoms with Crippen LogP contribution in [0.5, 0.6) is 0 Å². The molecular weight excluding hydrogens is 418 g/mol. The highest BCUT2D eigenvalue weighted by atomic mass is 79.9. The van der Waals surface area contributed by atoms with E-state index in [1.807, 2.05) is 42.5 Å². The monoisotopic (exact) mass is 429 g/mol. The Morgan fingerprint density at radius 3 is 2.61 bits per heavy atom. The summed E-state index contributed by atoms with van der Waals surface area (Å²) in [5.74, 6) is 0.223. The summed E-state index contributed by atoms with van der Waals surface area (Å²) in [5, 5.41) is 8.75. The van der Waals surface area contributed by atoms with Gasteiger partial charge in [0.05, 0.1) is 16.5 Å². The summed E-state index contributed by atoms with van der Waals surface area (Å²) >= 11 is 6.74. The summed E-state index contributed by atoms with van der Waals surface area (Å²) in [4.78, 5) is 11.4. The van der Waals surface area contributed by atoms with Crippen molar-refractivity contribution in [2.75, 3.05) is 0 Å². The molecule has 1 atom stereocenters. The average Bonchev–Trinajstić information content (AvgIpc) is 3.09. The number of benzene rings is 2. The first kappa shape index (κ1) is 16.2. The number of nitrogens with zero attached hydrogens (tertiary/aromatic N) is 1. The van der Waals surface area contributed by atoms with Gasteiger partial charge in [0.2, 0.25) is 0 Å². The molecule has 0 saturated carbocycles. The lowest BCUT2D eigenvalue weighted by Crippen LogP contribution is -2.05. The predicted molar refractivity (Wildman–Crippen MR) is 98.6 cm³/mol. The summed E-state index contributed by atoms with van der Waals surface area (Å²) < 4.78 is 1.08. The molecule has 0 saturated heterocycles. The number of hydrogen-bond acceptors (Lipinski definition) is 2. The topological polar surface area (TPSA) is 40.9 Å². The van der Waals surface area contributed by atoms with Crippen LogP contribution < -0.4 is 0 Å². The van der Waals surface area contributed by atoms with Crippen LogP contribution in [0.1, 0.15) is 27.0 Å². The number of alkyl halides is 1. The number of carbonyl (C=O) groups excluding carboxylic acids is 1. The van der Waals surface area contributed by atoms with E-state index in [0.717, 1.165) is 34.0 Å². The van der Waals surface area contributed by atoms with E-state index in [9.17, 15) is 4.79 Å². The van der Waals surface area contributed by atoms with Gasteiger partial charge in [0, 0.05) is 10.0 Å². The van der Waals surface area contributed by atoms with Crippen molar-refractivity contribution in [1.82, 2.24) is 0 Å². The van der Waals surface area contributed by atoms with E-state index >= 15 is 0 Å². The number of allylic oxidation sites excluding steroid dienone is 2. The van der Waals surface area contributed by atoms with Crippen molar-refractivity contribution >= 4 is 43.2 Å². The van der Waals surface area contributed by atoms with Gasteiger partial charge >= 0.3 is 0 Å². The van der Waals surface area contributed by atoms with Crippen molar-refractivity contribution in [3.8, 4) is 6.07 Å². The first-order valence-corrected chi connectivity index (χ1v) is 8.96. The molecule has 0 radical (unpaired) electrons. The molecule has 23 heavy (non-hydrogen) atoms. The highest BCUT2D eigenvalue weighted by Crippen LogP contribution is 2.29. The Kier molecular flexibility index (Phi) is 4.79. The molecule has 4 heteroatoms. The van der Waals surface area contributed by atoms with Crippen molar-refractivity contribution in [2.24, 2.45) is 0 Å². The van der Waals surface area contributed by atoms with E-state index in [0.29, 0.717) is 0 Å². The van der Waals surface area contributed by atoms with Crippen molar-refractivity contribution < 1.29 is 4.79 Å². The second-order valence-electron chi connectivity index (χ2n) is 5.43. The molecular formula is C19H13Br2NO. The van der Waals surface area contributed by atoms with Crippen molar-refractivity contribution in [3.63, 3.8) is 0 Å². The second-order valence-corrected chi connectivity index (χ2v) is 7.45. The van der Waals surface area contributed by atoms with Gasteiger partial charge in [-0.25, -0.2) is 0 Å². The molecule has 2 aliphatic rings. The standard InChI is InChI=1S/C10H6BrN.C9H7BrO/c11-9-3-4-10-7(5-9)1-2-8(10)6-12;10-8-5-6-3-1-2-4-7(6)9(8)11/h2-5H,1H2;1-4,8H,5H2. The predicted octanol–water partition coefficient (Wildman–Crippen LogP) is 5.10. The lowest BCUT2D eigenvalue weighted by molar-refractivity contribution is 0.100. The minimum absolute atomic E-state index is 0.0138. The molecule has 2 aromatic carbocycles. The zero-order valence-corrected chi connectivity index (χ0v) is 15.4. The lowest BCUT2D eigenvalue weighted by atomic mass is 10.1. The molecule has 2 nitrogen and oxygen atoms in total. The number of fused-ring (bicyclic) bond motifs is 2. The van der Waals surface area contributed by atoms with Crippen molar-refractivity contribution in [1.29, 1.82) is 5.26 Å². The maximum Gasteiger partial charge on any atom is 0.177 e. The minimum Gasteiger partial charge on any atom is -0.293 e. The Bertz CT molecular complexity index is 849. The molecule has 0 fully saturated rings. The molecule has 114 valence electrons. The van der Waals surface area contributed by atoms with E-state index in [2.05, 4.69) is 44.0 Å². The molecule has 0 aliphatic heterocycles. The molecule has 1 unspecified atom stereocenters. The Hall–Kier alpha value is -1.70. The first-order valence-electron chi connectivity index (χ1n) is 7.25. The van der Waals surface area contributed by atoms with Crippen molar-refractivity contribution in [3.05, 3.63) is 75.3 Å². The van der Waals surface area contributed by atoms with E-state index in [1.165, 1.54) is 11.1 Å². The zero-order chi connectivity index (χ0) is 16.4. The third kappa shape index (κ3) is 3.31. The van der Waals surface area contributed by atoms with E-state index in [4.69, 9.17) is 5.26 Å². The Morgan fingerprint density at radius 1 is 1.09 bits per heavy atom. The number of hydrogen-bond donors (Lipinski definition) is 0. The van der Waals surface area contributed by atoms with Crippen LogP contribution in [0.2, 0.25) is 0 Å². The van der Waals surface area contributed by atoms with Crippen molar-refractivity contribution in [2.45, 2.75) is 17.7 Å². The highest BCUT2D eigenvalue weighted by molar-refractivity contribution is 9.10. The summed E-state index contributed by atoms with van der Waals surface area (Å²) in [6, 6.07) is 16.0. The largest absolute Gasteiger partial charge is 0.293 e. The summed E-state index contributed by atoms with van der Waals surface area (Å²) in [5.41, 5.74) is 5.17. The van der Waals surface area contributed by atoms with Gasteiger partial charge in [-0.15, -0.1) is 0 Å². The SMILES string of the molecule is N#CC1=CCc2cc(Br)ccc21.O=C1c2ccccc2CC1Br. The van der Waals surface area contributed by atoms with Crippen LogP contribution in [-0.2, 0) is 12.8 Å². The fraction of sp³-hybridized carbons (Fsp3) is 0.158. The smallest absolute Gasteiger partial charge is 0.177 e. The van der Waals surface area contributed by atoms with Gasteiger partial charge in [0.25, 0.3) is 0 Å². The van der Waals surface area contributed by atoms with Crippen LogP contribution in [-0.4, -0.2) is 10.6 Å². The normalized spacial score (nSPS) is 17.5. The molecule has 0 spiro atoms. The third-order valence-electron chi connectivity index (χ3n) is 3.97. The van der Waals surface area contributed by atoms with Crippen LogP contribution in [0.4, 0.5) is 0 Å². The van der Waals surface area contributed by atoms with Gasteiger partial charge in [-0.3, -0.25) is 4.79 Å². The number of rotatable bonds is 0. The molecule has 0 bridgehead atoms. The van der Waals surface area contributed by atoms with E-state index in [-0.39, 0.29) is 10.6 Å². The molecule has 0 heterocycles. The number of halogens is 2. The summed E-state index contributed by atoms with van der Waals surface area (Å²) in [7, 11) is 0. The van der Waals surface area contributed by atoms with Gasteiger partial charge in [0.15, 0.2) is 5.78 Å². The maximum atomic E-state index is 11.3. The highest BCUT2D eigenvalue weighted by Gasteiger charge is 2.27. The molecule has 2 aliphatic carbocycles. The molecule has 4 rings (SSSR count). The second kappa shape index (κ2) is 6.82. The Morgan fingerprint density at radius 2 is 1.87 bits per heavy atom. The fourth-order valence-electron chi connectivity index (χ4n) is 2.81. The Balaban J connectivity index is 0.000000136. The fourth-order valence-corrected chi connectivity index (χ4v) is 3.82. The van der Waals surface area contributed by atoms with E-state index in [1.54, 1.807) is 0 Å². The van der Waals surface area contributed by atoms with Crippen LogP contribution >= 0.6 is 31.9 Å². The van der Waals surface area contributed by atoms with Crippen LogP contribution in [0.25, 0.3) is 5.57 Å². The maximum absolute atomic E-state index is 11.3. The van der Waals surface area contributed by atoms with Gasteiger partial charge in [-0.2, -0.15) is 5.26 Å². The van der Waals surface area contributed by atoms with Gasteiger partial charge in [-0.1, -0.05) is 68.3 Å². The molecule has 2 aromatic rings. The summed E-state index contributed by atoms with van der Waals surface area (Å²) in [6.45, 7) is 0. The molecule has 0 N–H and O–H groups in total. The first-order chi connectivity index (χ1) is 11.1. The van der Waals surface area contributed by atoms with Crippen LogP contribution in [0.15, 0.2) is 53.0 Å². The van der Waals surface area contributed by atoms with Gasteiger partial charge in [-0.05, 0) is 41.7 Å². The lowest BCUT2D eigenvalue weighted by Gasteiger charge is -1.99. The Labute approximate surface area is 152 Å². The number of Topliss-reactive ketones (excluding diaryl/α,β-unsaturated/α-hetero) is 1. The number of ketones is 1. The third-order valence-corrected chi connectivity index (χ3v) is 5.20. The van der Waals surface area contributed by atoms with Crippen LogP contribution in [0, 0.1) is 11.3 Å². The summed E-state index contributed by atoms with van der Waals surface area (Å²) in [6.07, 6.45) is 3.70. The number of nitriles is 1. The zero-order valence-electron chi connectivity index (χ0n) is 12.2. The molecule has 0 amide bonds. The average molecular weight is 431 g/mol. The quantitative estimate of drug-likeness (QED) is 0.545. The number of carbonyl (C=O) groups is 1. The van der Waals surface area contributed by atoms with E-state index < -0.39 is 0 Å². The van der Waals surface area contributed by atoms with Crippen LogP contribution in [0.3, 0.4) is 0 Å². The minimum atomic E-state index is 0.0138. The van der Waals surface area contributed by atoms with Gasteiger partial charge in [0.1, 0.15) is 0 Å². The van der Waals surface area contributed by atoms with Gasteiger partial charge < -0.3 is 0 Å².